The van der Waals surface area contributed by atoms with Crippen molar-refractivity contribution in [3.63, 3.8) is 0 Å². The Morgan fingerprint density at radius 1 is 1.09 bits per heavy atom. The highest BCUT2D eigenvalue weighted by Crippen LogP contribution is 2.42. The zero-order chi connectivity index (χ0) is 24.1. The van der Waals surface area contributed by atoms with Gasteiger partial charge in [-0.2, -0.15) is 0 Å². The van der Waals surface area contributed by atoms with Gasteiger partial charge >= 0.3 is 12.0 Å². The van der Waals surface area contributed by atoms with Crippen LogP contribution < -0.4 is 24.8 Å². The van der Waals surface area contributed by atoms with Gasteiger partial charge in [-0.15, -0.1) is 0 Å². The highest BCUT2D eigenvalue weighted by atomic mass is 16.6. The van der Waals surface area contributed by atoms with E-state index >= 15 is 0 Å². The van der Waals surface area contributed by atoms with Gasteiger partial charge in [0, 0.05) is 0 Å². The van der Waals surface area contributed by atoms with Crippen molar-refractivity contribution in [3.8, 4) is 17.2 Å². The number of carbonyl (C=O) groups is 2. The highest BCUT2D eigenvalue weighted by molar-refractivity contribution is 6.04. The molecule has 3 rings (SSSR count). The normalized spacial score (nSPS) is 15.3. The van der Waals surface area contributed by atoms with E-state index in [0.717, 1.165) is 0 Å². The summed E-state index contributed by atoms with van der Waals surface area (Å²) in [4.78, 5) is 36.7. The number of hydrogen-bond acceptors (Lipinski definition) is 8. The van der Waals surface area contributed by atoms with Crippen molar-refractivity contribution in [1.82, 2.24) is 10.6 Å². The molecule has 0 fully saturated rings. The first-order valence-electron chi connectivity index (χ1n) is 9.88. The third-order valence-electron chi connectivity index (χ3n) is 4.98. The van der Waals surface area contributed by atoms with Crippen molar-refractivity contribution in [2.24, 2.45) is 0 Å². The van der Waals surface area contributed by atoms with Crippen molar-refractivity contribution in [2.45, 2.75) is 13.0 Å². The molecule has 0 aromatic heterocycles. The minimum Gasteiger partial charge on any atom is -0.497 e. The molecule has 2 amide bonds. The molecule has 33 heavy (non-hydrogen) atoms. The smallest absolute Gasteiger partial charge is 0.338 e. The average Bonchev–Trinajstić information content (AvgIpc) is 2.82. The van der Waals surface area contributed by atoms with Gasteiger partial charge in [0.05, 0.1) is 61.8 Å². The molecule has 1 heterocycles. The van der Waals surface area contributed by atoms with Gasteiger partial charge in [-0.3, -0.25) is 10.1 Å². The minimum atomic E-state index is -1.20. The molecular formula is C22H23N3O8. The first-order chi connectivity index (χ1) is 15.8. The third kappa shape index (κ3) is 4.66. The predicted molar refractivity (Wildman–Crippen MR) is 117 cm³/mol. The first-order valence-corrected chi connectivity index (χ1v) is 9.88. The van der Waals surface area contributed by atoms with Crippen LogP contribution in [0.3, 0.4) is 0 Å². The zero-order valence-electron chi connectivity index (χ0n) is 18.5. The summed E-state index contributed by atoms with van der Waals surface area (Å²) >= 11 is 0. The molecule has 174 valence electrons. The van der Waals surface area contributed by atoms with Gasteiger partial charge in [0.1, 0.15) is 5.75 Å². The lowest BCUT2D eigenvalue weighted by molar-refractivity contribution is -0.385. The summed E-state index contributed by atoms with van der Waals surface area (Å²) in [5, 5.41) is 17.1. The molecule has 11 heteroatoms. The fraction of sp³-hybridized carbons (Fsp3) is 0.273. The summed E-state index contributed by atoms with van der Waals surface area (Å²) in [7, 11) is 4.05. The number of nitrogens with zero attached hydrogens (tertiary/aromatic N) is 1. The molecule has 1 atom stereocenters. The molecule has 0 saturated carbocycles. The zero-order valence-corrected chi connectivity index (χ0v) is 18.5. The third-order valence-corrected chi connectivity index (χ3v) is 4.98. The largest absolute Gasteiger partial charge is 0.497 e. The van der Waals surface area contributed by atoms with Crippen LogP contribution in [0.1, 0.15) is 24.1 Å². The van der Waals surface area contributed by atoms with E-state index in [1.54, 1.807) is 31.2 Å². The van der Waals surface area contributed by atoms with Crippen molar-refractivity contribution in [1.29, 1.82) is 0 Å². The van der Waals surface area contributed by atoms with Gasteiger partial charge in [0.2, 0.25) is 0 Å². The van der Waals surface area contributed by atoms with E-state index in [0.29, 0.717) is 11.3 Å². The van der Waals surface area contributed by atoms with Crippen LogP contribution in [0.25, 0.3) is 5.70 Å². The number of carbonyl (C=O) groups excluding carboxylic acids is 2. The number of esters is 1. The number of ether oxygens (including phenoxy) is 4. The van der Waals surface area contributed by atoms with E-state index in [1.165, 1.54) is 33.5 Å². The Morgan fingerprint density at radius 2 is 1.79 bits per heavy atom. The van der Waals surface area contributed by atoms with E-state index in [9.17, 15) is 19.7 Å². The second-order valence-electron chi connectivity index (χ2n) is 6.79. The number of nitro benzene ring substituents is 1. The van der Waals surface area contributed by atoms with E-state index in [4.69, 9.17) is 18.9 Å². The lowest BCUT2D eigenvalue weighted by Gasteiger charge is -2.29. The fourth-order valence-electron chi connectivity index (χ4n) is 3.50. The maximum absolute atomic E-state index is 12.9. The molecule has 2 aromatic rings. The molecule has 1 aliphatic rings. The van der Waals surface area contributed by atoms with E-state index < -0.39 is 23.0 Å². The van der Waals surface area contributed by atoms with Crippen LogP contribution in [0.2, 0.25) is 0 Å². The second-order valence-corrected chi connectivity index (χ2v) is 6.79. The van der Waals surface area contributed by atoms with Gasteiger partial charge in [0.25, 0.3) is 5.69 Å². The molecule has 0 radical (unpaired) electrons. The maximum atomic E-state index is 12.9. The summed E-state index contributed by atoms with van der Waals surface area (Å²) in [5.74, 6) is 0.166. The molecule has 0 aliphatic carbocycles. The molecule has 0 spiro atoms. The minimum absolute atomic E-state index is 0.0158. The van der Waals surface area contributed by atoms with E-state index in [1.807, 2.05) is 0 Å². The fourth-order valence-corrected chi connectivity index (χ4v) is 3.50. The van der Waals surface area contributed by atoms with Crippen LogP contribution in [0.4, 0.5) is 10.5 Å². The van der Waals surface area contributed by atoms with Gasteiger partial charge in [-0.05, 0) is 42.8 Å². The average molecular weight is 457 g/mol. The van der Waals surface area contributed by atoms with Crippen molar-refractivity contribution < 1.29 is 33.5 Å². The number of methoxy groups -OCH3 is 3. The topological polar surface area (TPSA) is 138 Å². The summed E-state index contributed by atoms with van der Waals surface area (Å²) in [6.07, 6.45) is 0. The van der Waals surface area contributed by atoms with Crippen LogP contribution in [0.5, 0.6) is 17.2 Å². The number of benzene rings is 2. The quantitative estimate of drug-likeness (QED) is 0.351. The van der Waals surface area contributed by atoms with Crippen molar-refractivity contribution >= 4 is 23.4 Å². The molecule has 11 nitrogen and oxygen atoms in total. The van der Waals surface area contributed by atoms with Crippen molar-refractivity contribution in [2.75, 3.05) is 27.9 Å². The number of hydrogen-bond donors (Lipinski definition) is 2. The monoisotopic (exact) mass is 457 g/mol. The summed E-state index contributed by atoms with van der Waals surface area (Å²) in [5.41, 5.74) is 0.292. The number of urea groups is 1. The Hall–Kier alpha value is -4.28. The molecule has 2 aromatic carbocycles. The molecule has 1 unspecified atom stereocenters. The summed E-state index contributed by atoms with van der Waals surface area (Å²) in [6.45, 7) is 2.01. The van der Waals surface area contributed by atoms with Gasteiger partial charge < -0.3 is 29.6 Å². The van der Waals surface area contributed by atoms with Crippen LogP contribution in [0, 0.1) is 10.1 Å². The number of nitro groups is 1. The maximum Gasteiger partial charge on any atom is 0.338 e. The van der Waals surface area contributed by atoms with Gasteiger partial charge in [0.15, 0.2) is 11.5 Å². The van der Waals surface area contributed by atoms with Crippen LogP contribution >= 0.6 is 0 Å². The summed E-state index contributed by atoms with van der Waals surface area (Å²) < 4.78 is 20.9. The SMILES string of the molecule is CCOc1cc(C2NC(=O)NC(c3ccc(OC)cc3)=C2C(=O)OC)c([N+](=O)[O-])cc1OC. The number of amides is 2. The Balaban J connectivity index is 2.29. The summed E-state index contributed by atoms with van der Waals surface area (Å²) in [6, 6.07) is 7.33. The van der Waals surface area contributed by atoms with Crippen LogP contribution in [-0.2, 0) is 9.53 Å². The first kappa shape index (κ1) is 23.4. The lowest BCUT2D eigenvalue weighted by Crippen LogP contribution is -2.45. The van der Waals surface area contributed by atoms with E-state index in [-0.39, 0.29) is 40.6 Å². The van der Waals surface area contributed by atoms with Crippen molar-refractivity contribution in [3.05, 3.63) is 63.2 Å². The molecule has 1 aliphatic heterocycles. The Labute approximate surface area is 189 Å². The van der Waals surface area contributed by atoms with Gasteiger partial charge in [-0.25, -0.2) is 9.59 Å². The van der Waals surface area contributed by atoms with Crippen LogP contribution in [0.15, 0.2) is 42.0 Å². The number of rotatable bonds is 8. The Kier molecular flexibility index (Phi) is 7.01. The molecular weight excluding hydrogens is 434 g/mol. The number of nitrogens with one attached hydrogen (secondary N) is 2. The lowest BCUT2D eigenvalue weighted by atomic mass is 9.91. The standard InChI is InChI=1S/C22H23N3O8/c1-5-33-17-10-14(15(25(28)29)11-16(17)31-3)20-18(21(26)32-4)19(23-22(27)24-20)12-6-8-13(30-2)9-7-12/h6-11,20H,5H2,1-4H3,(H2,23,24,27). The van der Waals surface area contributed by atoms with E-state index in [2.05, 4.69) is 10.6 Å². The predicted octanol–water partition coefficient (Wildman–Crippen LogP) is 2.95. The van der Waals surface area contributed by atoms with Crippen LogP contribution in [-0.4, -0.2) is 44.9 Å². The molecule has 0 bridgehead atoms. The Morgan fingerprint density at radius 3 is 2.33 bits per heavy atom. The molecule has 2 N–H and O–H groups in total. The molecule has 0 saturated heterocycles. The Bertz CT molecular complexity index is 1110. The van der Waals surface area contributed by atoms with Gasteiger partial charge in [-0.1, -0.05) is 0 Å². The second kappa shape index (κ2) is 9.90. The highest BCUT2D eigenvalue weighted by Gasteiger charge is 2.38.